The van der Waals surface area contributed by atoms with Crippen molar-refractivity contribution in [3.05, 3.63) is 35.9 Å². The van der Waals surface area contributed by atoms with Crippen molar-refractivity contribution in [1.82, 2.24) is 10.2 Å². The van der Waals surface area contributed by atoms with Crippen LogP contribution in [0.25, 0.3) is 0 Å². The van der Waals surface area contributed by atoms with E-state index in [0.717, 1.165) is 24.8 Å². The van der Waals surface area contributed by atoms with Crippen LogP contribution in [-0.2, 0) is 20.8 Å². The topological polar surface area (TPSA) is 91.2 Å². The summed E-state index contributed by atoms with van der Waals surface area (Å²) in [4.78, 5) is 30.8. The molecule has 0 spiro atoms. The summed E-state index contributed by atoms with van der Waals surface area (Å²) in [5, 5.41) is 16.9. The highest BCUT2D eigenvalue weighted by Gasteiger charge is 2.43. The van der Waals surface area contributed by atoms with E-state index in [4.69, 9.17) is 4.84 Å². The molecule has 0 radical (unpaired) electrons. The van der Waals surface area contributed by atoms with Crippen LogP contribution in [0, 0.1) is 11.8 Å². The Labute approximate surface area is 179 Å². The number of oxime groups is 1. The predicted molar refractivity (Wildman–Crippen MR) is 117 cm³/mol. The number of aliphatic carboxylic acids is 1. The van der Waals surface area contributed by atoms with Gasteiger partial charge in [-0.2, -0.15) is 0 Å². The third-order valence-electron chi connectivity index (χ3n) is 5.94. The van der Waals surface area contributed by atoms with E-state index in [0.29, 0.717) is 13.0 Å². The van der Waals surface area contributed by atoms with Crippen molar-refractivity contribution in [2.45, 2.75) is 64.6 Å². The second-order valence-corrected chi connectivity index (χ2v) is 8.18. The number of hydrogen-bond acceptors (Lipinski definition) is 5. The van der Waals surface area contributed by atoms with Gasteiger partial charge in [-0.15, -0.1) is 0 Å². The van der Waals surface area contributed by atoms with Crippen LogP contribution in [0.3, 0.4) is 0 Å². The largest absolute Gasteiger partial charge is 0.480 e. The number of hydrogen-bond donors (Lipinski definition) is 2. The zero-order valence-electron chi connectivity index (χ0n) is 18.5. The van der Waals surface area contributed by atoms with Crippen LogP contribution in [0.2, 0.25) is 0 Å². The van der Waals surface area contributed by atoms with Gasteiger partial charge in [0.25, 0.3) is 0 Å². The summed E-state index contributed by atoms with van der Waals surface area (Å²) in [7, 11) is 1.49. The number of carbonyl (C=O) groups is 2. The fourth-order valence-corrected chi connectivity index (χ4v) is 4.67. The number of rotatable bonds is 11. The van der Waals surface area contributed by atoms with Crippen molar-refractivity contribution in [2.24, 2.45) is 17.0 Å². The summed E-state index contributed by atoms with van der Waals surface area (Å²) in [6, 6.07) is 9.49. The Hall–Kier alpha value is -2.41. The Kier molecular flexibility index (Phi) is 9.30. The molecular formula is C23H35N3O4. The first-order chi connectivity index (χ1) is 14.4. The zero-order chi connectivity index (χ0) is 22.1. The summed E-state index contributed by atoms with van der Waals surface area (Å²) >= 11 is 0. The van der Waals surface area contributed by atoms with Crippen LogP contribution in [0.5, 0.6) is 0 Å². The van der Waals surface area contributed by atoms with Crippen LogP contribution in [-0.4, -0.2) is 59.9 Å². The van der Waals surface area contributed by atoms with Crippen molar-refractivity contribution in [3.8, 4) is 0 Å². The van der Waals surface area contributed by atoms with Gasteiger partial charge in [-0.1, -0.05) is 48.8 Å². The van der Waals surface area contributed by atoms with Crippen LogP contribution in [0.1, 0.15) is 45.6 Å². The maximum absolute atomic E-state index is 12.1. The number of nitrogens with one attached hydrogen (secondary N) is 1. The van der Waals surface area contributed by atoms with Crippen LogP contribution in [0.4, 0.5) is 0 Å². The molecule has 1 fully saturated rings. The third kappa shape index (κ3) is 6.55. The molecule has 166 valence electrons. The summed E-state index contributed by atoms with van der Waals surface area (Å²) in [6.07, 6.45) is 4.80. The maximum atomic E-state index is 12.1. The summed E-state index contributed by atoms with van der Waals surface area (Å²) in [5.74, 6) is -0.742. The average molecular weight is 418 g/mol. The molecule has 7 nitrogen and oxygen atoms in total. The fraction of sp³-hybridized carbons (Fsp3) is 0.609. The number of amides is 1. The molecule has 7 heteroatoms. The minimum Gasteiger partial charge on any atom is -0.480 e. The molecule has 0 aliphatic carbocycles. The van der Waals surface area contributed by atoms with Gasteiger partial charge in [-0.3, -0.25) is 14.5 Å². The molecule has 5 atom stereocenters. The molecular weight excluding hydrogens is 382 g/mol. The van der Waals surface area contributed by atoms with Crippen LogP contribution >= 0.6 is 0 Å². The van der Waals surface area contributed by atoms with Gasteiger partial charge < -0.3 is 15.3 Å². The summed E-state index contributed by atoms with van der Waals surface area (Å²) in [5.41, 5.74) is 1.16. The molecule has 5 unspecified atom stereocenters. The second-order valence-electron chi connectivity index (χ2n) is 8.18. The zero-order valence-corrected chi connectivity index (χ0v) is 18.5. The number of carboxylic acid groups (broad SMARTS) is 1. The van der Waals surface area contributed by atoms with E-state index in [2.05, 4.69) is 34.4 Å². The van der Waals surface area contributed by atoms with E-state index in [1.807, 2.05) is 25.1 Å². The van der Waals surface area contributed by atoms with E-state index in [1.165, 1.54) is 14.0 Å². The number of nitrogens with zero attached hydrogens (tertiary/aromatic N) is 2. The minimum atomic E-state index is -0.816. The average Bonchev–Trinajstić information content (AvgIpc) is 3.13. The third-order valence-corrected chi connectivity index (χ3v) is 5.94. The lowest BCUT2D eigenvalue weighted by atomic mass is 9.83. The quantitative estimate of drug-likeness (QED) is 0.427. The number of carbonyl (C=O) groups excluding carboxylic acids is 1. The molecule has 0 saturated carbocycles. The van der Waals surface area contributed by atoms with Gasteiger partial charge in [-0.25, -0.2) is 0 Å². The highest BCUT2D eigenvalue weighted by atomic mass is 16.6. The first-order valence-corrected chi connectivity index (χ1v) is 10.7. The monoisotopic (exact) mass is 417 g/mol. The molecule has 1 heterocycles. The van der Waals surface area contributed by atoms with Gasteiger partial charge in [0.15, 0.2) is 0 Å². The van der Waals surface area contributed by atoms with Gasteiger partial charge in [0, 0.05) is 37.7 Å². The molecule has 0 aromatic heterocycles. The van der Waals surface area contributed by atoms with E-state index < -0.39 is 12.0 Å². The number of likely N-dealkylation sites (tertiary alicyclic amines) is 1. The molecule has 1 aliphatic rings. The minimum absolute atomic E-state index is 0.0164. The standard InChI is InChI=1S/C23H35N3O4/c1-5-9-20(16(2)25-17(3)27)21(12-18-10-7-6-8-11-18)26-15-19(14-24-30-4)13-22(26)23(28)29/h6-8,10-11,14,16,19-22H,5,9,12-13,15H2,1-4H3,(H,25,27)(H,28,29)/b24-14+. The number of carboxylic acids is 1. The molecule has 1 aromatic rings. The van der Waals surface area contributed by atoms with Crippen LogP contribution < -0.4 is 5.32 Å². The maximum Gasteiger partial charge on any atom is 0.320 e. The van der Waals surface area contributed by atoms with Crippen LogP contribution in [0.15, 0.2) is 35.5 Å². The molecule has 2 N–H and O–H groups in total. The van der Waals surface area contributed by atoms with E-state index in [-0.39, 0.29) is 29.8 Å². The molecule has 1 aromatic carbocycles. The Morgan fingerprint density at radius 1 is 1.37 bits per heavy atom. The van der Waals surface area contributed by atoms with Gasteiger partial charge in [0.05, 0.1) is 0 Å². The first kappa shape index (κ1) is 23.9. The highest BCUT2D eigenvalue weighted by molar-refractivity contribution is 5.76. The van der Waals surface area contributed by atoms with Crippen molar-refractivity contribution in [3.63, 3.8) is 0 Å². The summed E-state index contributed by atoms with van der Waals surface area (Å²) in [6.45, 7) is 6.28. The van der Waals surface area contributed by atoms with Gasteiger partial charge in [-0.05, 0) is 37.7 Å². The molecule has 30 heavy (non-hydrogen) atoms. The molecule has 0 bridgehead atoms. The lowest BCUT2D eigenvalue weighted by molar-refractivity contribution is -0.143. The van der Waals surface area contributed by atoms with E-state index >= 15 is 0 Å². The molecule has 1 saturated heterocycles. The van der Waals surface area contributed by atoms with E-state index in [1.54, 1.807) is 6.21 Å². The Bertz CT molecular complexity index is 710. The van der Waals surface area contributed by atoms with Crippen molar-refractivity contribution in [2.75, 3.05) is 13.7 Å². The van der Waals surface area contributed by atoms with Gasteiger partial charge in [0.1, 0.15) is 13.2 Å². The number of benzene rings is 1. The molecule has 1 amide bonds. The smallest absolute Gasteiger partial charge is 0.320 e. The Morgan fingerprint density at radius 2 is 2.07 bits per heavy atom. The molecule has 1 aliphatic heterocycles. The summed E-state index contributed by atoms with van der Waals surface area (Å²) < 4.78 is 0. The van der Waals surface area contributed by atoms with Crippen molar-refractivity contribution >= 4 is 18.1 Å². The van der Waals surface area contributed by atoms with Crippen molar-refractivity contribution in [1.29, 1.82) is 0 Å². The normalized spacial score (nSPS) is 22.5. The fourth-order valence-electron chi connectivity index (χ4n) is 4.67. The predicted octanol–water partition coefficient (Wildman–Crippen LogP) is 2.95. The van der Waals surface area contributed by atoms with Gasteiger partial charge in [0.2, 0.25) is 5.91 Å². The lowest BCUT2D eigenvalue weighted by Gasteiger charge is -2.40. The Morgan fingerprint density at radius 3 is 2.63 bits per heavy atom. The van der Waals surface area contributed by atoms with Gasteiger partial charge >= 0.3 is 5.97 Å². The molecule has 2 rings (SSSR count). The highest BCUT2D eigenvalue weighted by Crippen LogP contribution is 2.32. The Balaban J connectivity index is 2.40. The lowest BCUT2D eigenvalue weighted by Crippen LogP contribution is -2.53. The second kappa shape index (κ2) is 11.7. The van der Waals surface area contributed by atoms with E-state index in [9.17, 15) is 14.7 Å². The SMILES string of the molecule is CCCC(C(C)NC(C)=O)C(Cc1ccccc1)N1CC(/C=N/OC)CC1C(=O)O. The first-order valence-electron chi connectivity index (χ1n) is 10.7. The van der Waals surface area contributed by atoms with Crippen molar-refractivity contribution < 1.29 is 19.5 Å².